The number of carboxylic acid groups (broad SMARTS) is 1. The van der Waals surface area contributed by atoms with Gasteiger partial charge in [0.25, 0.3) is 0 Å². The van der Waals surface area contributed by atoms with Gasteiger partial charge in [-0.2, -0.15) is 8.42 Å². The van der Waals surface area contributed by atoms with Crippen LogP contribution in [0, 0.1) is 11.6 Å². The van der Waals surface area contributed by atoms with E-state index >= 15 is 4.39 Å². The van der Waals surface area contributed by atoms with Gasteiger partial charge in [-0.15, -0.1) is 0 Å². The molecular weight excluding hydrogens is 496 g/mol. The summed E-state index contributed by atoms with van der Waals surface area (Å²) in [5.41, 5.74) is -0.370. The lowest BCUT2D eigenvalue weighted by atomic mass is 9.99. The number of carbonyl (C=O) groups is 2. The van der Waals surface area contributed by atoms with Crippen molar-refractivity contribution in [3.8, 4) is 11.1 Å². The number of halogens is 2. The van der Waals surface area contributed by atoms with Gasteiger partial charge in [0, 0.05) is 35.5 Å². The summed E-state index contributed by atoms with van der Waals surface area (Å²) in [5, 5.41) is 9.53. The minimum absolute atomic E-state index is 0.0286. The first-order valence-electron chi connectivity index (χ1n) is 10.6. The van der Waals surface area contributed by atoms with Crippen molar-refractivity contribution in [1.82, 2.24) is 9.97 Å². The van der Waals surface area contributed by atoms with E-state index in [1.165, 1.54) is 24.5 Å². The molecule has 4 aromatic rings. The fourth-order valence-electron chi connectivity index (χ4n) is 3.82. The van der Waals surface area contributed by atoms with Gasteiger partial charge >= 0.3 is 16.3 Å². The molecule has 12 heteroatoms. The van der Waals surface area contributed by atoms with Crippen LogP contribution in [0.5, 0.6) is 0 Å². The molecule has 4 rings (SSSR count). The summed E-state index contributed by atoms with van der Waals surface area (Å²) < 4.78 is 63.1. The van der Waals surface area contributed by atoms with Gasteiger partial charge in [0.05, 0.1) is 11.1 Å². The second-order valence-electron chi connectivity index (χ2n) is 7.85. The van der Waals surface area contributed by atoms with Crippen molar-refractivity contribution in [2.45, 2.75) is 13.3 Å². The van der Waals surface area contributed by atoms with Crippen LogP contribution in [0.15, 0.2) is 54.9 Å². The average Bonchev–Trinajstić information content (AvgIpc) is 3.26. The maximum absolute atomic E-state index is 15.4. The Kier molecular flexibility index (Phi) is 6.57. The van der Waals surface area contributed by atoms with Gasteiger partial charge in [0.2, 0.25) is 0 Å². The van der Waals surface area contributed by atoms with Crippen LogP contribution < -0.4 is 4.31 Å². The van der Waals surface area contributed by atoms with E-state index in [0.717, 1.165) is 12.1 Å². The van der Waals surface area contributed by atoms with Crippen molar-refractivity contribution < 1.29 is 36.4 Å². The molecule has 0 bridgehead atoms. The molecule has 0 radical (unpaired) electrons. The molecule has 2 aromatic carbocycles. The van der Waals surface area contributed by atoms with Gasteiger partial charge in [-0.05, 0) is 42.3 Å². The number of nitrogens with one attached hydrogen (secondary N) is 1. The van der Waals surface area contributed by atoms with E-state index in [1.54, 1.807) is 25.1 Å². The SMILES string of the molecule is CCCN(c1c(F)ccc(C(=O)c2c[nH]c3ncc(-c4cccc(C(=O)O)c4)cc23)c1F)S(=O)(=O)O. The van der Waals surface area contributed by atoms with Crippen LogP contribution in [0.3, 0.4) is 0 Å². The quantitative estimate of drug-likeness (QED) is 0.232. The molecule has 0 amide bonds. The highest BCUT2D eigenvalue weighted by atomic mass is 32.2. The number of hydrogen-bond acceptors (Lipinski definition) is 5. The molecule has 3 N–H and O–H groups in total. The van der Waals surface area contributed by atoms with Crippen molar-refractivity contribution in [2.75, 3.05) is 10.8 Å². The molecule has 186 valence electrons. The van der Waals surface area contributed by atoms with Crippen molar-refractivity contribution >= 4 is 38.8 Å². The number of pyridine rings is 1. The summed E-state index contributed by atoms with van der Waals surface area (Å²) in [6.07, 6.45) is 2.89. The highest BCUT2D eigenvalue weighted by molar-refractivity contribution is 7.87. The standard InChI is InChI=1S/C24H19F2N3O6S/c1-2-8-29(36(33,34)35)21-19(25)7-6-16(20(21)26)22(30)18-12-28-23-17(18)10-15(11-27-23)13-4-3-5-14(9-13)24(31)32/h3-7,9-12H,2,8H2,1H3,(H,27,28)(H,31,32)(H,33,34,35). The molecule has 2 aromatic heterocycles. The smallest absolute Gasteiger partial charge is 0.360 e. The Morgan fingerprint density at radius 1 is 1.08 bits per heavy atom. The number of ketones is 1. The van der Waals surface area contributed by atoms with Crippen molar-refractivity contribution in [3.63, 3.8) is 0 Å². The molecule has 0 aliphatic carbocycles. The third kappa shape index (κ3) is 4.55. The molecular formula is C24H19F2N3O6S. The summed E-state index contributed by atoms with van der Waals surface area (Å²) in [7, 11) is -5.02. The third-order valence-electron chi connectivity index (χ3n) is 5.48. The van der Waals surface area contributed by atoms with Gasteiger partial charge in [-0.1, -0.05) is 19.1 Å². The lowest BCUT2D eigenvalue weighted by Crippen LogP contribution is -2.33. The third-order valence-corrected chi connectivity index (χ3v) is 6.41. The van der Waals surface area contributed by atoms with E-state index in [2.05, 4.69) is 9.97 Å². The Labute approximate surface area is 203 Å². The first kappa shape index (κ1) is 24.9. The predicted octanol–water partition coefficient (Wildman–Crippen LogP) is 4.46. The minimum atomic E-state index is -5.02. The molecule has 36 heavy (non-hydrogen) atoms. The van der Waals surface area contributed by atoms with Crippen LogP contribution in [0.1, 0.15) is 39.6 Å². The number of nitrogens with zero attached hydrogens (tertiary/aromatic N) is 2. The molecule has 0 aliphatic heterocycles. The first-order valence-corrected chi connectivity index (χ1v) is 12.0. The molecule has 0 fully saturated rings. The van der Waals surface area contributed by atoms with Crippen LogP contribution in [0.4, 0.5) is 14.5 Å². The number of carboxylic acids is 1. The maximum Gasteiger partial charge on any atom is 0.360 e. The maximum atomic E-state index is 15.4. The first-order chi connectivity index (χ1) is 17.0. The summed E-state index contributed by atoms with van der Waals surface area (Å²) >= 11 is 0. The second kappa shape index (κ2) is 9.47. The zero-order valence-electron chi connectivity index (χ0n) is 18.7. The molecule has 0 spiro atoms. The number of rotatable bonds is 8. The largest absolute Gasteiger partial charge is 0.478 e. The molecule has 0 saturated carbocycles. The lowest BCUT2D eigenvalue weighted by molar-refractivity contribution is 0.0696. The van der Waals surface area contributed by atoms with E-state index in [9.17, 15) is 32.1 Å². The fraction of sp³-hybridized carbons (Fsp3) is 0.125. The number of fused-ring (bicyclic) bond motifs is 1. The van der Waals surface area contributed by atoms with E-state index in [1.807, 2.05) is 0 Å². The molecule has 0 atom stereocenters. The molecule has 0 aliphatic rings. The monoisotopic (exact) mass is 515 g/mol. The van der Waals surface area contributed by atoms with Crippen LogP contribution in [0.2, 0.25) is 0 Å². The average molecular weight is 515 g/mol. The van der Waals surface area contributed by atoms with E-state index in [0.29, 0.717) is 11.1 Å². The van der Waals surface area contributed by atoms with Crippen molar-refractivity contribution in [3.05, 3.63) is 83.2 Å². The zero-order chi connectivity index (χ0) is 26.2. The summed E-state index contributed by atoms with van der Waals surface area (Å²) in [6, 6.07) is 9.27. The Hall–Kier alpha value is -4.16. The number of aromatic carboxylic acids is 1. The number of anilines is 1. The molecule has 2 heterocycles. The number of aromatic amines is 1. The number of aromatic nitrogens is 2. The van der Waals surface area contributed by atoms with Crippen molar-refractivity contribution in [2.24, 2.45) is 0 Å². The topological polar surface area (TPSA) is 141 Å². The Balaban J connectivity index is 1.83. The van der Waals surface area contributed by atoms with Gasteiger partial charge in [0.1, 0.15) is 11.3 Å². The number of carbonyl (C=O) groups excluding carboxylic acids is 1. The normalized spacial score (nSPS) is 11.6. The van der Waals surface area contributed by atoms with Gasteiger partial charge < -0.3 is 10.1 Å². The summed E-state index contributed by atoms with van der Waals surface area (Å²) in [5.74, 6) is -4.71. The van der Waals surface area contributed by atoms with Gasteiger partial charge in [0.15, 0.2) is 17.4 Å². The van der Waals surface area contributed by atoms with Crippen LogP contribution in [0.25, 0.3) is 22.2 Å². The zero-order valence-corrected chi connectivity index (χ0v) is 19.5. The number of hydrogen-bond donors (Lipinski definition) is 3. The lowest BCUT2D eigenvalue weighted by Gasteiger charge is -2.22. The van der Waals surface area contributed by atoms with Gasteiger partial charge in [-0.3, -0.25) is 9.35 Å². The summed E-state index contributed by atoms with van der Waals surface area (Å²) in [4.78, 5) is 31.6. The second-order valence-corrected chi connectivity index (χ2v) is 9.18. The Bertz CT molecular complexity index is 1620. The number of benzene rings is 2. The van der Waals surface area contributed by atoms with Crippen LogP contribution >= 0.6 is 0 Å². The highest BCUT2D eigenvalue weighted by Crippen LogP contribution is 2.32. The molecule has 0 saturated heterocycles. The molecule has 9 nitrogen and oxygen atoms in total. The molecule has 0 unspecified atom stereocenters. The Morgan fingerprint density at radius 3 is 2.50 bits per heavy atom. The van der Waals surface area contributed by atoms with E-state index in [4.69, 9.17) is 0 Å². The number of H-pyrrole nitrogens is 1. The Morgan fingerprint density at radius 2 is 1.83 bits per heavy atom. The van der Waals surface area contributed by atoms with E-state index in [-0.39, 0.29) is 32.9 Å². The van der Waals surface area contributed by atoms with E-state index < -0.39 is 51.5 Å². The van der Waals surface area contributed by atoms with Crippen molar-refractivity contribution in [1.29, 1.82) is 0 Å². The minimum Gasteiger partial charge on any atom is -0.478 e. The van der Waals surface area contributed by atoms with Gasteiger partial charge in [-0.25, -0.2) is 22.9 Å². The van der Waals surface area contributed by atoms with Crippen LogP contribution in [-0.2, 0) is 10.3 Å². The van der Waals surface area contributed by atoms with Crippen LogP contribution in [-0.4, -0.2) is 46.3 Å². The summed E-state index contributed by atoms with van der Waals surface area (Å²) in [6.45, 7) is 1.13. The highest BCUT2D eigenvalue weighted by Gasteiger charge is 2.30. The predicted molar refractivity (Wildman–Crippen MR) is 127 cm³/mol. The fourth-order valence-corrected chi connectivity index (χ4v) is 4.63.